The maximum Gasteiger partial charge on any atom is 0.321 e. The van der Waals surface area contributed by atoms with Crippen molar-refractivity contribution in [3.63, 3.8) is 0 Å². The van der Waals surface area contributed by atoms with Gasteiger partial charge in [-0.15, -0.1) is 0 Å². The molecular weight excluding hydrogens is 218 g/mol. The van der Waals surface area contributed by atoms with Crippen molar-refractivity contribution < 1.29 is 15.0 Å². The van der Waals surface area contributed by atoms with E-state index in [1.165, 1.54) is 11.1 Å². The van der Waals surface area contributed by atoms with E-state index in [4.69, 9.17) is 10.2 Å². The van der Waals surface area contributed by atoms with Crippen LogP contribution in [0.15, 0.2) is 24.3 Å². The molecule has 2 N–H and O–H groups in total. The summed E-state index contributed by atoms with van der Waals surface area (Å²) in [7, 11) is 0. The number of carboxylic acid groups (broad SMARTS) is 1. The van der Waals surface area contributed by atoms with Crippen molar-refractivity contribution in [3.05, 3.63) is 35.4 Å². The maximum atomic E-state index is 11.1. The van der Waals surface area contributed by atoms with Crippen LogP contribution in [-0.2, 0) is 17.8 Å². The Morgan fingerprint density at radius 2 is 2.06 bits per heavy atom. The zero-order valence-corrected chi connectivity index (χ0v) is 9.67. The lowest BCUT2D eigenvalue weighted by molar-refractivity contribution is -0.144. The van der Waals surface area contributed by atoms with E-state index in [2.05, 4.69) is 6.07 Å². The van der Waals surface area contributed by atoms with E-state index < -0.39 is 12.0 Å². The van der Waals surface area contributed by atoms with E-state index in [0.717, 1.165) is 13.0 Å². The standard InChI is InChI=1S/C13H17NO3/c15-8-6-12(13(16)17)14-7-5-10-3-1-2-4-11(10)9-14/h1-4,12,15H,5-9H2,(H,16,17). The van der Waals surface area contributed by atoms with Gasteiger partial charge >= 0.3 is 5.97 Å². The molecule has 0 saturated heterocycles. The molecule has 0 bridgehead atoms. The van der Waals surface area contributed by atoms with Gasteiger partial charge < -0.3 is 10.2 Å². The molecule has 1 aliphatic heterocycles. The fourth-order valence-corrected chi connectivity index (χ4v) is 2.37. The molecule has 4 nitrogen and oxygen atoms in total. The van der Waals surface area contributed by atoms with Gasteiger partial charge in [-0.05, 0) is 24.0 Å². The van der Waals surface area contributed by atoms with Gasteiger partial charge in [0.1, 0.15) is 6.04 Å². The van der Waals surface area contributed by atoms with Gasteiger partial charge in [-0.2, -0.15) is 0 Å². The summed E-state index contributed by atoms with van der Waals surface area (Å²) < 4.78 is 0. The topological polar surface area (TPSA) is 60.8 Å². The number of benzene rings is 1. The van der Waals surface area contributed by atoms with Gasteiger partial charge in [-0.25, -0.2) is 0 Å². The fraction of sp³-hybridized carbons (Fsp3) is 0.462. The van der Waals surface area contributed by atoms with Crippen LogP contribution in [0.4, 0.5) is 0 Å². The number of aliphatic hydroxyl groups is 1. The third-order valence-electron chi connectivity index (χ3n) is 3.29. The SMILES string of the molecule is O=C(O)C(CCO)N1CCc2ccccc2C1. The van der Waals surface area contributed by atoms with Crippen LogP contribution in [0.1, 0.15) is 17.5 Å². The van der Waals surface area contributed by atoms with E-state index >= 15 is 0 Å². The predicted molar refractivity (Wildman–Crippen MR) is 63.7 cm³/mol. The highest BCUT2D eigenvalue weighted by Crippen LogP contribution is 2.21. The number of hydrogen-bond acceptors (Lipinski definition) is 3. The molecule has 0 saturated carbocycles. The largest absolute Gasteiger partial charge is 0.480 e. The molecule has 4 heteroatoms. The molecule has 1 unspecified atom stereocenters. The molecule has 0 aromatic heterocycles. The van der Waals surface area contributed by atoms with Crippen LogP contribution in [0.5, 0.6) is 0 Å². The molecule has 1 heterocycles. The molecule has 0 spiro atoms. The molecule has 1 atom stereocenters. The third kappa shape index (κ3) is 2.65. The van der Waals surface area contributed by atoms with E-state index in [1.807, 2.05) is 23.1 Å². The Hall–Kier alpha value is -1.39. The summed E-state index contributed by atoms with van der Waals surface area (Å²) >= 11 is 0. The second-order valence-electron chi connectivity index (χ2n) is 4.36. The van der Waals surface area contributed by atoms with Gasteiger partial charge in [0.05, 0.1) is 0 Å². The number of carbonyl (C=O) groups is 1. The first-order valence-corrected chi connectivity index (χ1v) is 5.87. The van der Waals surface area contributed by atoms with Crippen LogP contribution >= 0.6 is 0 Å². The molecule has 1 aliphatic rings. The van der Waals surface area contributed by atoms with Crippen molar-refractivity contribution in [1.29, 1.82) is 0 Å². The van der Waals surface area contributed by atoms with E-state index in [-0.39, 0.29) is 13.0 Å². The van der Waals surface area contributed by atoms with Crippen LogP contribution in [0.25, 0.3) is 0 Å². The van der Waals surface area contributed by atoms with E-state index in [9.17, 15) is 4.79 Å². The third-order valence-corrected chi connectivity index (χ3v) is 3.29. The summed E-state index contributed by atoms with van der Waals surface area (Å²) in [6.45, 7) is 1.32. The highest BCUT2D eigenvalue weighted by Gasteiger charge is 2.27. The van der Waals surface area contributed by atoms with E-state index in [1.54, 1.807) is 0 Å². The van der Waals surface area contributed by atoms with Gasteiger partial charge in [0, 0.05) is 19.7 Å². The number of aliphatic hydroxyl groups excluding tert-OH is 1. The quantitative estimate of drug-likeness (QED) is 0.813. The van der Waals surface area contributed by atoms with Crippen LogP contribution in [-0.4, -0.2) is 40.3 Å². The highest BCUT2D eigenvalue weighted by atomic mass is 16.4. The molecule has 1 aromatic carbocycles. The number of hydrogen-bond donors (Lipinski definition) is 2. The first kappa shape index (κ1) is 12.1. The Kier molecular flexibility index (Phi) is 3.76. The lowest BCUT2D eigenvalue weighted by Gasteiger charge is -2.33. The van der Waals surface area contributed by atoms with Crippen LogP contribution in [0.3, 0.4) is 0 Å². The van der Waals surface area contributed by atoms with Crippen LogP contribution < -0.4 is 0 Å². The zero-order valence-electron chi connectivity index (χ0n) is 9.67. The van der Waals surface area contributed by atoms with Gasteiger partial charge in [0.15, 0.2) is 0 Å². The molecular formula is C13H17NO3. The molecule has 0 fully saturated rings. The number of carboxylic acids is 1. The number of aliphatic carboxylic acids is 1. The highest BCUT2D eigenvalue weighted by molar-refractivity contribution is 5.73. The van der Waals surface area contributed by atoms with E-state index in [0.29, 0.717) is 6.54 Å². The number of rotatable bonds is 4. The van der Waals surface area contributed by atoms with Crippen molar-refractivity contribution in [3.8, 4) is 0 Å². The molecule has 0 radical (unpaired) electrons. The Balaban J connectivity index is 2.13. The molecule has 0 aliphatic carbocycles. The first-order chi connectivity index (χ1) is 8.22. The van der Waals surface area contributed by atoms with Crippen molar-refractivity contribution in [2.45, 2.75) is 25.4 Å². The normalized spacial score (nSPS) is 17.5. The smallest absolute Gasteiger partial charge is 0.321 e. The Labute approximate surface area is 100 Å². The molecule has 1 aromatic rings. The van der Waals surface area contributed by atoms with Crippen molar-refractivity contribution in [2.75, 3.05) is 13.2 Å². The van der Waals surface area contributed by atoms with Crippen molar-refractivity contribution >= 4 is 5.97 Å². The molecule has 0 amide bonds. The van der Waals surface area contributed by atoms with Crippen molar-refractivity contribution in [2.24, 2.45) is 0 Å². The minimum atomic E-state index is -0.849. The lowest BCUT2D eigenvalue weighted by Crippen LogP contribution is -2.44. The summed E-state index contributed by atoms with van der Waals surface area (Å²) in [5.41, 5.74) is 2.50. The monoisotopic (exact) mass is 235 g/mol. The second kappa shape index (κ2) is 5.29. The summed E-state index contributed by atoms with van der Waals surface area (Å²) in [6, 6.07) is 7.54. The minimum Gasteiger partial charge on any atom is -0.480 e. The number of nitrogens with zero attached hydrogens (tertiary/aromatic N) is 1. The molecule has 2 rings (SSSR count). The summed E-state index contributed by atoms with van der Waals surface area (Å²) in [4.78, 5) is 13.1. The zero-order chi connectivity index (χ0) is 12.3. The van der Waals surface area contributed by atoms with Crippen LogP contribution in [0.2, 0.25) is 0 Å². The summed E-state index contributed by atoms with van der Waals surface area (Å²) in [6.07, 6.45) is 1.17. The second-order valence-corrected chi connectivity index (χ2v) is 4.36. The molecule has 17 heavy (non-hydrogen) atoms. The van der Waals surface area contributed by atoms with Gasteiger partial charge in [0.2, 0.25) is 0 Å². The number of fused-ring (bicyclic) bond motifs is 1. The first-order valence-electron chi connectivity index (χ1n) is 5.87. The Morgan fingerprint density at radius 3 is 2.71 bits per heavy atom. The summed E-state index contributed by atoms with van der Waals surface area (Å²) in [5, 5.41) is 18.1. The van der Waals surface area contributed by atoms with Gasteiger partial charge in [-0.3, -0.25) is 9.69 Å². The lowest BCUT2D eigenvalue weighted by atomic mass is 9.98. The summed E-state index contributed by atoms with van der Waals surface area (Å²) in [5.74, 6) is -0.849. The predicted octanol–water partition coefficient (Wildman–Crippen LogP) is 0.880. The average molecular weight is 235 g/mol. The van der Waals surface area contributed by atoms with Crippen LogP contribution in [0, 0.1) is 0 Å². The van der Waals surface area contributed by atoms with Crippen molar-refractivity contribution in [1.82, 2.24) is 4.90 Å². The fourth-order valence-electron chi connectivity index (χ4n) is 2.37. The average Bonchev–Trinajstić information content (AvgIpc) is 2.35. The Bertz CT molecular complexity index is 405. The Morgan fingerprint density at radius 1 is 1.35 bits per heavy atom. The minimum absolute atomic E-state index is 0.0882. The van der Waals surface area contributed by atoms with Gasteiger partial charge in [-0.1, -0.05) is 24.3 Å². The molecule has 92 valence electrons. The van der Waals surface area contributed by atoms with Gasteiger partial charge in [0.25, 0.3) is 0 Å². The maximum absolute atomic E-state index is 11.1.